The molecule has 0 aromatic heterocycles. The van der Waals surface area contributed by atoms with E-state index in [0.29, 0.717) is 12.1 Å². The normalized spacial score (nSPS) is 30.2. The quantitative estimate of drug-likeness (QED) is 0.894. The molecule has 4 rings (SSSR count). The smallest absolute Gasteiger partial charge is 0.0823 e. The first-order valence-electron chi connectivity index (χ1n) is 7.36. The van der Waals surface area contributed by atoms with Gasteiger partial charge >= 0.3 is 0 Å². The minimum Gasteiger partial charge on any atom is -0.378 e. The number of benzene rings is 1. The summed E-state index contributed by atoms with van der Waals surface area (Å²) >= 11 is 0. The van der Waals surface area contributed by atoms with E-state index in [9.17, 15) is 5.26 Å². The summed E-state index contributed by atoms with van der Waals surface area (Å²) in [4.78, 5) is 0. The van der Waals surface area contributed by atoms with E-state index in [1.807, 2.05) is 0 Å². The van der Waals surface area contributed by atoms with E-state index in [1.54, 1.807) is 0 Å². The predicted octanol–water partition coefficient (Wildman–Crippen LogP) is 2.39. The second-order valence-corrected chi connectivity index (χ2v) is 6.17. The van der Waals surface area contributed by atoms with Crippen LogP contribution in [0.1, 0.15) is 30.4 Å². The molecule has 3 nitrogen and oxygen atoms in total. The van der Waals surface area contributed by atoms with Crippen molar-refractivity contribution in [1.82, 2.24) is 5.32 Å². The fourth-order valence-corrected chi connectivity index (χ4v) is 3.33. The van der Waals surface area contributed by atoms with Gasteiger partial charge in [-0.15, -0.1) is 0 Å². The Hall–Kier alpha value is -1.63. The lowest BCUT2D eigenvalue weighted by Gasteiger charge is -2.35. The molecular weight excluding hydrogens is 248 g/mol. The topological polar surface area (TPSA) is 45.0 Å². The summed E-state index contributed by atoms with van der Waals surface area (Å²) in [6, 6.07) is 11.9. The van der Waals surface area contributed by atoms with Gasteiger partial charge in [-0.1, -0.05) is 30.3 Å². The molecule has 2 bridgehead atoms. The zero-order chi connectivity index (χ0) is 13.6. The summed E-state index contributed by atoms with van der Waals surface area (Å²) in [5.41, 5.74) is 3.71. The van der Waals surface area contributed by atoms with Gasteiger partial charge in [-0.3, -0.25) is 0 Å². The third-order valence-corrected chi connectivity index (χ3v) is 4.71. The molecule has 2 aliphatic heterocycles. The number of rotatable bonds is 2. The fraction of sp³-hybridized carbons (Fsp3) is 0.471. The Bertz CT molecular complexity index is 592. The van der Waals surface area contributed by atoms with E-state index in [4.69, 9.17) is 4.74 Å². The van der Waals surface area contributed by atoms with Gasteiger partial charge in [-0.25, -0.2) is 0 Å². The number of fused-ring (bicyclic) bond motifs is 2. The molecule has 1 saturated carbocycles. The average molecular weight is 266 g/mol. The van der Waals surface area contributed by atoms with E-state index >= 15 is 0 Å². The van der Waals surface area contributed by atoms with Crippen molar-refractivity contribution in [3.63, 3.8) is 0 Å². The Morgan fingerprint density at radius 2 is 2.00 bits per heavy atom. The van der Waals surface area contributed by atoms with Crippen molar-refractivity contribution in [3.8, 4) is 6.07 Å². The van der Waals surface area contributed by atoms with E-state index in [2.05, 4.69) is 41.7 Å². The lowest BCUT2D eigenvalue weighted by Crippen LogP contribution is -2.50. The van der Waals surface area contributed by atoms with Crippen LogP contribution in [0.5, 0.6) is 0 Å². The Balaban J connectivity index is 1.60. The van der Waals surface area contributed by atoms with Crippen LogP contribution in [0.3, 0.4) is 0 Å². The van der Waals surface area contributed by atoms with Crippen molar-refractivity contribution in [1.29, 1.82) is 5.26 Å². The van der Waals surface area contributed by atoms with E-state index in [-0.39, 0.29) is 5.41 Å². The molecule has 20 heavy (non-hydrogen) atoms. The highest BCUT2D eigenvalue weighted by atomic mass is 16.5. The summed E-state index contributed by atoms with van der Waals surface area (Å²) < 4.78 is 5.56. The molecule has 0 radical (unpaired) electrons. The Morgan fingerprint density at radius 3 is 2.65 bits per heavy atom. The molecule has 1 saturated heterocycles. The van der Waals surface area contributed by atoms with E-state index in [1.165, 1.54) is 16.7 Å². The van der Waals surface area contributed by atoms with E-state index < -0.39 is 0 Å². The van der Waals surface area contributed by atoms with Crippen LogP contribution in [0.4, 0.5) is 0 Å². The van der Waals surface area contributed by atoms with Crippen molar-refractivity contribution in [2.45, 2.75) is 36.8 Å². The van der Waals surface area contributed by atoms with Crippen LogP contribution in [0.25, 0.3) is 5.57 Å². The third-order valence-electron chi connectivity index (χ3n) is 4.71. The van der Waals surface area contributed by atoms with Gasteiger partial charge < -0.3 is 10.1 Å². The molecule has 102 valence electrons. The zero-order valence-corrected chi connectivity index (χ0v) is 11.4. The van der Waals surface area contributed by atoms with Crippen molar-refractivity contribution >= 4 is 5.57 Å². The molecule has 0 spiro atoms. The predicted molar refractivity (Wildman–Crippen MR) is 77.1 cm³/mol. The molecule has 1 aromatic rings. The minimum atomic E-state index is -0.175. The number of morpholine rings is 1. The fourth-order valence-electron chi connectivity index (χ4n) is 3.33. The van der Waals surface area contributed by atoms with Crippen LogP contribution in [0.2, 0.25) is 0 Å². The maximum atomic E-state index is 9.25. The molecule has 2 unspecified atom stereocenters. The highest BCUT2D eigenvalue weighted by Gasteiger charge is 2.44. The van der Waals surface area contributed by atoms with Crippen molar-refractivity contribution in [3.05, 3.63) is 41.5 Å². The third kappa shape index (κ3) is 1.96. The number of ether oxygens (including phenoxy) is 1. The zero-order valence-electron chi connectivity index (χ0n) is 11.4. The molecule has 1 aliphatic carbocycles. The monoisotopic (exact) mass is 266 g/mol. The highest BCUT2D eigenvalue weighted by molar-refractivity contribution is 5.68. The largest absolute Gasteiger partial charge is 0.378 e. The van der Waals surface area contributed by atoms with Gasteiger partial charge in [0.05, 0.1) is 24.7 Å². The maximum Gasteiger partial charge on any atom is 0.0823 e. The number of hydrogen-bond donors (Lipinski definition) is 1. The molecule has 2 heterocycles. The van der Waals surface area contributed by atoms with Gasteiger partial charge in [0.25, 0.3) is 0 Å². The summed E-state index contributed by atoms with van der Waals surface area (Å²) in [7, 11) is 0. The van der Waals surface area contributed by atoms with Crippen LogP contribution in [0.15, 0.2) is 30.3 Å². The molecule has 0 amide bonds. The second-order valence-electron chi connectivity index (χ2n) is 6.17. The summed E-state index contributed by atoms with van der Waals surface area (Å²) in [5, 5.41) is 12.8. The molecule has 2 atom stereocenters. The average Bonchev–Trinajstić information content (AvgIpc) is 3.28. The van der Waals surface area contributed by atoms with Crippen LogP contribution < -0.4 is 5.32 Å². The lowest BCUT2D eigenvalue weighted by atomic mass is 9.89. The van der Waals surface area contributed by atoms with Gasteiger partial charge in [0.1, 0.15) is 0 Å². The first-order chi connectivity index (χ1) is 9.79. The van der Waals surface area contributed by atoms with Gasteiger partial charge in [0.15, 0.2) is 0 Å². The highest BCUT2D eigenvalue weighted by Crippen LogP contribution is 2.47. The Morgan fingerprint density at radius 1 is 1.20 bits per heavy atom. The van der Waals surface area contributed by atoms with Crippen molar-refractivity contribution < 1.29 is 4.74 Å². The van der Waals surface area contributed by atoms with Crippen LogP contribution >= 0.6 is 0 Å². The van der Waals surface area contributed by atoms with Gasteiger partial charge in [0.2, 0.25) is 0 Å². The minimum absolute atomic E-state index is 0.175. The van der Waals surface area contributed by atoms with Gasteiger partial charge in [-0.05, 0) is 36.0 Å². The van der Waals surface area contributed by atoms with Crippen LogP contribution in [0, 0.1) is 11.3 Å². The Kier molecular flexibility index (Phi) is 2.70. The Labute approximate surface area is 119 Å². The number of hydrogen-bond acceptors (Lipinski definition) is 3. The number of nitrogens with one attached hydrogen (secondary N) is 1. The number of nitrogens with zero attached hydrogens (tertiary/aromatic N) is 1. The maximum absolute atomic E-state index is 9.25. The second kappa shape index (κ2) is 4.44. The SMILES string of the molecule is N#CC1(c2ccc(C3=CC4COCC(C3)N4)cc2)CC1. The van der Waals surface area contributed by atoms with Crippen molar-refractivity contribution in [2.75, 3.05) is 13.2 Å². The van der Waals surface area contributed by atoms with Crippen molar-refractivity contribution in [2.24, 2.45) is 0 Å². The molecular formula is C17H18N2O. The molecule has 3 heteroatoms. The van der Waals surface area contributed by atoms with Gasteiger partial charge in [-0.2, -0.15) is 5.26 Å². The van der Waals surface area contributed by atoms with E-state index in [0.717, 1.165) is 32.5 Å². The summed E-state index contributed by atoms with van der Waals surface area (Å²) in [5.74, 6) is 0. The summed E-state index contributed by atoms with van der Waals surface area (Å²) in [6.07, 6.45) is 5.34. The first kappa shape index (κ1) is 12.1. The van der Waals surface area contributed by atoms with Crippen LogP contribution in [-0.2, 0) is 10.2 Å². The molecule has 1 N–H and O–H groups in total. The van der Waals surface area contributed by atoms with Crippen LogP contribution in [-0.4, -0.2) is 25.3 Å². The lowest BCUT2D eigenvalue weighted by molar-refractivity contribution is 0.0561. The van der Waals surface area contributed by atoms with Gasteiger partial charge in [0, 0.05) is 12.1 Å². The summed E-state index contributed by atoms with van der Waals surface area (Å²) in [6.45, 7) is 1.58. The first-order valence-corrected chi connectivity index (χ1v) is 7.36. The number of nitriles is 1. The molecule has 3 aliphatic rings. The molecule has 2 fully saturated rings. The standard InChI is InChI=1S/C17H18N2O/c18-11-17(5-6-17)14-3-1-12(2-4-14)13-7-15-9-20-10-16(8-13)19-15/h1-4,7,15-16,19H,5-6,8-10H2. The molecule has 1 aromatic carbocycles.